The molecule has 0 radical (unpaired) electrons. The van der Waals surface area contributed by atoms with E-state index in [-0.39, 0.29) is 12.3 Å². The molecule has 0 aliphatic rings. The van der Waals surface area contributed by atoms with Gasteiger partial charge in [-0.25, -0.2) is 15.0 Å². The van der Waals surface area contributed by atoms with Gasteiger partial charge in [0, 0.05) is 36.7 Å². The van der Waals surface area contributed by atoms with Gasteiger partial charge in [0.1, 0.15) is 23.1 Å². The molecule has 0 saturated heterocycles. The minimum atomic E-state index is -0.110. The molecule has 3 heterocycles. The van der Waals surface area contributed by atoms with Crippen LogP contribution in [0, 0.1) is 6.92 Å². The number of amides is 1. The van der Waals surface area contributed by atoms with Crippen molar-refractivity contribution in [2.75, 3.05) is 24.3 Å². The molecule has 1 amide bonds. The van der Waals surface area contributed by atoms with E-state index >= 15 is 0 Å². The monoisotopic (exact) mass is 433 g/mol. The van der Waals surface area contributed by atoms with E-state index in [1.165, 1.54) is 0 Å². The normalized spacial score (nSPS) is 10.9. The summed E-state index contributed by atoms with van der Waals surface area (Å²) in [5.74, 6) is 1.76. The van der Waals surface area contributed by atoms with Gasteiger partial charge in [0.05, 0.1) is 5.39 Å². The summed E-state index contributed by atoms with van der Waals surface area (Å²) < 4.78 is 5.22. The number of carbonyl (C=O) groups excluding carboxylic acids is 1. The second kappa shape index (κ2) is 9.63. The van der Waals surface area contributed by atoms with Crippen molar-refractivity contribution in [1.82, 2.24) is 15.0 Å². The lowest BCUT2D eigenvalue weighted by Crippen LogP contribution is -2.17. The van der Waals surface area contributed by atoms with Crippen LogP contribution >= 0.6 is 11.3 Å². The number of aromatic nitrogens is 3. The fourth-order valence-electron chi connectivity index (χ4n) is 3.25. The van der Waals surface area contributed by atoms with Crippen LogP contribution in [0.1, 0.15) is 17.9 Å². The van der Waals surface area contributed by atoms with Crippen LogP contribution in [-0.4, -0.2) is 34.5 Å². The summed E-state index contributed by atoms with van der Waals surface area (Å²) in [4.78, 5) is 26.8. The van der Waals surface area contributed by atoms with E-state index in [1.54, 1.807) is 24.5 Å². The Labute approximate surface area is 184 Å². The summed E-state index contributed by atoms with van der Waals surface area (Å²) in [7, 11) is 1.62. The van der Waals surface area contributed by atoms with Gasteiger partial charge in [-0.05, 0) is 24.6 Å². The number of nitrogens with one attached hydrogen (secondary N) is 2. The average Bonchev–Trinajstić information content (AvgIpc) is 3.19. The smallest absolute Gasteiger partial charge is 0.227 e. The van der Waals surface area contributed by atoms with E-state index in [4.69, 9.17) is 4.74 Å². The van der Waals surface area contributed by atoms with E-state index in [1.807, 2.05) is 37.3 Å². The fraction of sp³-hybridized carbons (Fsp3) is 0.217. The molecule has 2 N–H and O–H groups in total. The van der Waals surface area contributed by atoms with Crippen LogP contribution in [0.5, 0.6) is 0 Å². The molecule has 158 valence electrons. The molecule has 0 bridgehead atoms. The number of fused-ring (bicyclic) bond motifs is 1. The number of anilines is 2. The van der Waals surface area contributed by atoms with Gasteiger partial charge >= 0.3 is 0 Å². The summed E-state index contributed by atoms with van der Waals surface area (Å²) in [5.41, 5.74) is 3.03. The van der Waals surface area contributed by atoms with Crippen molar-refractivity contribution in [3.8, 4) is 11.1 Å². The van der Waals surface area contributed by atoms with Gasteiger partial charge in [-0.1, -0.05) is 36.4 Å². The van der Waals surface area contributed by atoms with Crippen LogP contribution in [0.4, 0.5) is 11.6 Å². The number of thiophene rings is 1. The largest absolute Gasteiger partial charge is 0.377 e. The Morgan fingerprint density at radius 2 is 1.90 bits per heavy atom. The van der Waals surface area contributed by atoms with Crippen LogP contribution in [0.2, 0.25) is 0 Å². The predicted octanol–water partition coefficient (Wildman–Crippen LogP) is 4.65. The molecule has 3 aromatic heterocycles. The number of pyridine rings is 1. The maximum atomic E-state index is 12.3. The third kappa shape index (κ3) is 5.04. The number of rotatable bonds is 8. The Morgan fingerprint density at radius 3 is 2.68 bits per heavy atom. The first-order valence-corrected chi connectivity index (χ1v) is 10.8. The first kappa shape index (κ1) is 20.9. The van der Waals surface area contributed by atoms with Crippen molar-refractivity contribution in [3.05, 3.63) is 65.4 Å². The van der Waals surface area contributed by atoms with Crippen LogP contribution in [0.25, 0.3) is 21.3 Å². The molecule has 0 saturated carbocycles. The van der Waals surface area contributed by atoms with E-state index in [9.17, 15) is 4.79 Å². The number of methoxy groups -OCH3 is 1. The standard InChI is InChI=1S/C23H23N5O2S/c1-15-7-6-10-18(25-15)26-20(29)11-12-24-22-21-17(16-8-4-3-5-9-16)14-31-23(21)28-19(27-22)13-30-2/h3-10,14H,11-13H2,1-2H3,(H,24,27,28)(H,25,26,29). The van der Waals surface area contributed by atoms with Crippen molar-refractivity contribution in [2.45, 2.75) is 20.0 Å². The van der Waals surface area contributed by atoms with Crippen LogP contribution in [-0.2, 0) is 16.1 Å². The molecule has 1 aromatic carbocycles. The highest BCUT2D eigenvalue weighted by atomic mass is 32.1. The number of hydrogen-bond donors (Lipinski definition) is 2. The van der Waals surface area contributed by atoms with Gasteiger partial charge in [0.2, 0.25) is 5.91 Å². The minimum Gasteiger partial charge on any atom is -0.377 e. The zero-order chi connectivity index (χ0) is 21.6. The van der Waals surface area contributed by atoms with E-state index in [2.05, 4.69) is 43.1 Å². The number of carbonyl (C=O) groups is 1. The third-order valence-electron chi connectivity index (χ3n) is 4.64. The van der Waals surface area contributed by atoms with Crippen LogP contribution in [0.15, 0.2) is 53.9 Å². The number of benzene rings is 1. The van der Waals surface area contributed by atoms with Crippen molar-refractivity contribution in [2.24, 2.45) is 0 Å². The quantitative estimate of drug-likeness (QED) is 0.420. The Hall–Kier alpha value is -3.36. The fourth-order valence-corrected chi connectivity index (χ4v) is 4.22. The SMILES string of the molecule is COCc1nc(NCCC(=O)Nc2cccc(C)n2)c2c(-c3ccccc3)csc2n1. The summed E-state index contributed by atoms with van der Waals surface area (Å²) in [6, 6.07) is 15.7. The summed E-state index contributed by atoms with van der Waals surface area (Å²) in [6.45, 7) is 2.64. The highest BCUT2D eigenvalue weighted by Crippen LogP contribution is 2.36. The zero-order valence-corrected chi connectivity index (χ0v) is 18.2. The highest BCUT2D eigenvalue weighted by Gasteiger charge is 2.15. The molecule has 4 rings (SSSR count). The first-order chi connectivity index (χ1) is 15.1. The van der Waals surface area contributed by atoms with E-state index in [0.29, 0.717) is 30.6 Å². The van der Waals surface area contributed by atoms with Gasteiger partial charge in [0.25, 0.3) is 0 Å². The predicted molar refractivity (Wildman–Crippen MR) is 124 cm³/mol. The highest BCUT2D eigenvalue weighted by molar-refractivity contribution is 7.17. The lowest BCUT2D eigenvalue weighted by atomic mass is 10.1. The number of ether oxygens (including phenoxy) is 1. The molecule has 0 aliphatic carbocycles. The topological polar surface area (TPSA) is 89.0 Å². The Bertz CT molecular complexity index is 1190. The Balaban J connectivity index is 1.54. The summed E-state index contributed by atoms with van der Waals surface area (Å²) in [5, 5.41) is 9.20. The van der Waals surface area contributed by atoms with Crippen LogP contribution < -0.4 is 10.6 Å². The molecule has 4 aromatic rings. The molecule has 8 heteroatoms. The maximum Gasteiger partial charge on any atom is 0.227 e. The number of hydrogen-bond acceptors (Lipinski definition) is 7. The third-order valence-corrected chi connectivity index (χ3v) is 5.51. The van der Waals surface area contributed by atoms with Gasteiger partial charge in [-0.2, -0.15) is 0 Å². The average molecular weight is 434 g/mol. The second-order valence-corrected chi connectivity index (χ2v) is 7.86. The Kier molecular flexibility index (Phi) is 6.49. The first-order valence-electron chi connectivity index (χ1n) is 9.94. The lowest BCUT2D eigenvalue weighted by molar-refractivity contribution is -0.116. The van der Waals surface area contributed by atoms with Crippen LogP contribution in [0.3, 0.4) is 0 Å². The molecule has 0 aliphatic heterocycles. The molecule has 0 fully saturated rings. The minimum absolute atomic E-state index is 0.110. The molecular formula is C23H23N5O2S. The van der Waals surface area contributed by atoms with Crippen molar-refractivity contribution in [1.29, 1.82) is 0 Å². The van der Waals surface area contributed by atoms with Gasteiger partial charge < -0.3 is 15.4 Å². The second-order valence-electron chi connectivity index (χ2n) is 7.01. The lowest BCUT2D eigenvalue weighted by Gasteiger charge is -2.11. The molecule has 31 heavy (non-hydrogen) atoms. The summed E-state index contributed by atoms with van der Waals surface area (Å²) in [6.07, 6.45) is 0.283. The number of aryl methyl sites for hydroxylation is 1. The molecular weight excluding hydrogens is 410 g/mol. The number of nitrogens with zero attached hydrogens (tertiary/aromatic N) is 3. The van der Waals surface area contributed by atoms with E-state index < -0.39 is 0 Å². The van der Waals surface area contributed by atoms with Gasteiger partial charge in [-0.3, -0.25) is 4.79 Å². The molecule has 0 spiro atoms. The Morgan fingerprint density at radius 1 is 1.06 bits per heavy atom. The maximum absolute atomic E-state index is 12.3. The molecule has 0 unspecified atom stereocenters. The summed E-state index contributed by atoms with van der Waals surface area (Å²) >= 11 is 1.57. The van der Waals surface area contributed by atoms with Gasteiger partial charge in [-0.15, -0.1) is 11.3 Å². The molecule has 7 nitrogen and oxygen atoms in total. The van der Waals surface area contributed by atoms with Gasteiger partial charge in [0.15, 0.2) is 5.82 Å². The van der Waals surface area contributed by atoms with E-state index in [0.717, 1.165) is 27.0 Å². The van der Waals surface area contributed by atoms with Crippen molar-refractivity contribution < 1.29 is 9.53 Å². The zero-order valence-electron chi connectivity index (χ0n) is 17.4. The van der Waals surface area contributed by atoms with Crippen molar-refractivity contribution >= 4 is 39.1 Å². The van der Waals surface area contributed by atoms with Crippen molar-refractivity contribution in [3.63, 3.8) is 0 Å². The molecule has 0 atom stereocenters.